The number of carboxylic acid groups (broad SMARTS) is 1. The van der Waals surface area contributed by atoms with Crippen LogP contribution in [0, 0.1) is 0 Å². The first-order valence-corrected chi connectivity index (χ1v) is 24.9. The summed E-state index contributed by atoms with van der Waals surface area (Å²) >= 11 is 0. The second kappa shape index (κ2) is 43.7. The minimum Gasteiger partial charge on any atom is -0.544 e. The van der Waals surface area contributed by atoms with Crippen molar-refractivity contribution in [3.8, 4) is 0 Å². The van der Waals surface area contributed by atoms with Crippen LogP contribution in [-0.4, -0.2) is 75.5 Å². The van der Waals surface area contributed by atoms with E-state index >= 15 is 0 Å². The monoisotopic (exact) mass is 856 g/mol. The van der Waals surface area contributed by atoms with Crippen LogP contribution in [0.15, 0.2) is 60.8 Å². The molecule has 2 atom stereocenters. The Balaban J connectivity index is 4.32. The van der Waals surface area contributed by atoms with E-state index in [1.54, 1.807) is 21.1 Å². The maximum absolute atomic E-state index is 12.8. The van der Waals surface area contributed by atoms with E-state index in [1.165, 1.54) is 109 Å². The third-order valence-electron chi connectivity index (χ3n) is 11.0. The van der Waals surface area contributed by atoms with Gasteiger partial charge in [0.2, 0.25) is 0 Å². The van der Waals surface area contributed by atoms with Crippen LogP contribution < -0.4 is 5.11 Å². The Hall–Kier alpha value is -2.97. The summed E-state index contributed by atoms with van der Waals surface area (Å²) in [7, 11) is 5.40. The average molecular weight is 856 g/mol. The number of quaternary nitrogens is 1. The number of esters is 2. The van der Waals surface area contributed by atoms with E-state index < -0.39 is 18.1 Å². The molecule has 0 bridgehead atoms. The van der Waals surface area contributed by atoms with E-state index in [0.717, 1.165) is 64.2 Å². The van der Waals surface area contributed by atoms with Crippen molar-refractivity contribution in [2.75, 3.05) is 41.0 Å². The summed E-state index contributed by atoms with van der Waals surface area (Å²) < 4.78 is 17.2. The molecule has 0 aliphatic heterocycles. The SMILES string of the molecule is CCCCC/C=C/C=C/CCCCCCCCCCCCC(=O)OC(COCCC(C(=O)[O-])[N+](C)(C)C)COC(=O)CCCCCCC/C=C/C=C/C=C/CCCCCCC. The van der Waals surface area contributed by atoms with Crippen LogP contribution in [0.3, 0.4) is 0 Å². The van der Waals surface area contributed by atoms with Gasteiger partial charge in [0, 0.05) is 19.3 Å². The highest BCUT2D eigenvalue weighted by atomic mass is 16.6. The molecule has 0 spiro atoms. The normalized spacial score (nSPS) is 13.4. The summed E-state index contributed by atoms with van der Waals surface area (Å²) in [6.07, 6.45) is 53.8. The summed E-state index contributed by atoms with van der Waals surface area (Å²) in [5, 5.41) is 11.7. The third kappa shape index (κ3) is 42.1. The molecule has 352 valence electrons. The van der Waals surface area contributed by atoms with Gasteiger partial charge in [-0.1, -0.05) is 184 Å². The van der Waals surface area contributed by atoms with Crippen LogP contribution in [0.2, 0.25) is 0 Å². The van der Waals surface area contributed by atoms with Crippen molar-refractivity contribution >= 4 is 17.9 Å². The number of unbranched alkanes of at least 4 members (excludes halogenated alkanes) is 23. The molecular formula is C53H93NO7. The molecule has 0 N–H and O–H groups in total. The van der Waals surface area contributed by atoms with Crippen LogP contribution in [0.1, 0.15) is 206 Å². The van der Waals surface area contributed by atoms with Gasteiger partial charge in [-0.25, -0.2) is 0 Å². The zero-order chi connectivity index (χ0) is 44.9. The first kappa shape index (κ1) is 58.0. The van der Waals surface area contributed by atoms with E-state index in [2.05, 4.69) is 74.6 Å². The molecule has 0 saturated heterocycles. The molecule has 0 fully saturated rings. The Morgan fingerprint density at radius 1 is 0.492 bits per heavy atom. The lowest BCUT2D eigenvalue weighted by Crippen LogP contribution is -2.55. The summed E-state index contributed by atoms with van der Waals surface area (Å²) in [6, 6.07) is -0.732. The van der Waals surface area contributed by atoms with Crippen molar-refractivity contribution in [3.63, 3.8) is 0 Å². The van der Waals surface area contributed by atoms with Crippen molar-refractivity contribution in [2.24, 2.45) is 0 Å². The molecule has 0 radical (unpaired) electrons. The minimum absolute atomic E-state index is 0.0311. The van der Waals surface area contributed by atoms with Crippen molar-refractivity contribution in [1.82, 2.24) is 0 Å². The first-order valence-electron chi connectivity index (χ1n) is 24.9. The number of aliphatic carboxylic acids is 1. The number of allylic oxidation sites excluding steroid dienone is 10. The Morgan fingerprint density at radius 2 is 0.869 bits per heavy atom. The van der Waals surface area contributed by atoms with E-state index in [1.807, 2.05) is 0 Å². The zero-order valence-electron chi connectivity index (χ0n) is 40.1. The molecule has 0 rings (SSSR count). The molecule has 8 nitrogen and oxygen atoms in total. The lowest BCUT2D eigenvalue weighted by atomic mass is 10.1. The van der Waals surface area contributed by atoms with Crippen LogP contribution in [0.25, 0.3) is 0 Å². The fourth-order valence-corrected chi connectivity index (χ4v) is 7.06. The number of hydrogen-bond donors (Lipinski definition) is 0. The summed E-state index contributed by atoms with van der Waals surface area (Å²) in [6.45, 7) is 4.60. The zero-order valence-corrected chi connectivity index (χ0v) is 40.1. The Kier molecular flexibility index (Phi) is 41.5. The van der Waals surface area contributed by atoms with Gasteiger partial charge in [0.05, 0.1) is 40.3 Å². The Bertz CT molecular complexity index is 1180. The van der Waals surface area contributed by atoms with Crippen molar-refractivity contribution in [3.05, 3.63) is 60.8 Å². The van der Waals surface area contributed by atoms with Crippen molar-refractivity contribution < 1.29 is 38.2 Å². The molecule has 0 aromatic carbocycles. The molecule has 2 unspecified atom stereocenters. The van der Waals surface area contributed by atoms with Gasteiger partial charge in [-0.15, -0.1) is 0 Å². The number of carbonyl (C=O) groups is 3. The van der Waals surface area contributed by atoms with Gasteiger partial charge in [-0.3, -0.25) is 9.59 Å². The van der Waals surface area contributed by atoms with E-state index in [-0.39, 0.29) is 42.7 Å². The number of likely N-dealkylation sites (N-methyl/N-ethyl adjacent to an activating group) is 1. The second-order valence-electron chi connectivity index (χ2n) is 17.8. The molecule has 0 heterocycles. The molecule has 61 heavy (non-hydrogen) atoms. The highest BCUT2D eigenvalue weighted by Gasteiger charge is 2.25. The predicted molar refractivity (Wildman–Crippen MR) is 254 cm³/mol. The van der Waals surface area contributed by atoms with Crippen molar-refractivity contribution in [1.29, 1.82) is 0 Å². The standard InChI is InChI=1S/C53H93NO7/c1-6-8-10-12-14-16-18-20-22-24-26-28-30-32-34-36-38-40-42-44-52(56)61-49(47-59-46-45-50(53(57)58)54(3,4)5)48-60-51(55)43-41-39-37-35-33-31-29-27-25-23-21-19-17-15-13-11-9-7-2/h14,16,18-21,23,25,27,29,49-50H,6-13,15,17,22,24,26,28,30-48H2,1-5H3/b16-14+,20-18+,21-19+,25-23+,29-27+. The highest BCUT2D eigenvalue weighted by molar-refractivity contribution is 5.70. The topological polar surface area (TPSA) is 102 Å². The van der Waals surface area contributed by atoms with Gasteiger partial charge in [-0.2, -0.15) is 0 Å². The smallest absolute Gasteiger partial charge is 0.306 e. The first-order chi connectivity index (χ1) is 29.6. The van der Waals surface area contributed by atoms with Crippen LogP contribution in [0.5, 0.6) is 0 Å². The van der Waals surface area contributed by atoms with Crippen molar-refractivity contribution in [2.45, 2.75) is 219 Å². The summed E-state index contributed by atoms with van der Waals surface area (Å²) in [5.74, 6) is -1.76. The lowest BCUT2D eigenvalue weighted by molar-refractivity contribution is -0.889. The fourth-order valence-electron chi connectivity index (χ4n) is 7.06. The Labute approximate surface area is 375 Å². The van der Waals surface area contributed by atoms with Gasteiger partial charge in [-0.05, 0) is 64.2 Å². The van der Waals surface area contributed by atoms with Crippen LogP contribution >= 0.6 is 0 Å². The number of ether oxygens (including phenoxy) is 3. The van der Waals surface area contributed by atoms with Crippen LogP contribution in [0.4, 0.5) is 0 Å². The maximum Gasteiger partial charge on any atom is 0.306 e. The summed E-state index contributed by atoms with van der Waals surface area (Å²) in [4.78, 5) is 37.0. The lowest BCUT2D eigenvalue weighted by Gasteiger charge is -2.34. The molecular weight excluding hydrogens is 763 g/mol. The van der Waals surface area contributed by atoms with E-state index in [9.17, 15) is 19.5 Å². The van der Waals surface area contributed by atoms with Gasteiger partial charge in [0.25, 0.3) is 0 Å². The Morgan fingerprint density at radius 3 is 1.31 bits per heavy atom. The minimum atomic E-state index is -1.13. The summed E-state index contributed by atoms with van der Waals surface area (Å²) in [5.41, 5.74) is 0. The second-order valence-corrected chi connectivity index (χ2v) is 17.8. The molecule has 0 saturated carbocycles. The van der Waals surface area contributed by atoms with Crippen LogP contribution in [-0.2, 0) is 28.6 Å². The number of rotatable bonds is 44. The number of nitrogens with zero attached hydrogens (tertiary/aromatic N) is 1. The average Bonchev–Trinajstić information content (AvgIpc) is 3.22. The highest BCUT2D eigenvalue weighted by Crippen LogP contribution is 2.14. The third-order valence-corrected chi connectivity index (χ3v) is 11.0. The molecule has 0 amide bonds. The fraction of sp³-hybridized carbons (Fsp3) is 0.755. The van der Waals surface area contributed by atoms with Gasteiger partial charge < -0.3 is 28.6 Å². The maximum atomic E-state index is 12.8. The van der Waals surface area contributed by atoms with E-state index in [0.29, 0.717) is 12.8 Å². The number of carboxylic acids is 1. The van der Waals surface area contributed by atoms with E-state index in [4.69, 9.17) is 14.2 Å². The number of hydrogen-bond acceptors (Lipinski definition) is 7. The van der Waals surface area contributed by atoms with Gasteiger partial charge in [0.15, 0.2) is 6.10 Å². The predicted octanol–water partition coefficient (Wildman–Crippen LogP) is 12.8. The molecule has 0 aromatic heterocycles. The molecule has 0 aliphatic carbocycles. The van der Waals surface area contributed by atoms with Gasteiger partial charge >= 0.3 is 11.9 Å². The molecule has 0 aromatic rings. The van der Waals surface area contributed by atoms with Gasteiger partial charge in [0.1, 0.15) is 12.6 Å². The quantitative estimate of drug-likeness (QED) is 0.0260. The largest absolute Gasteiger partial charge is 0.544 e. The molecule has 0 aliphatic rings. The molecule has 8 heteroatoms. The number of carbonyl (C=O) groups excluding carboxylic acids is 3.